The van der Waals surface area contributed by atoms with Crippen molar-refractivity contribution in [2.45, 2.75) is 6.92 Å². The van der Waals surface area contributed by atoms with E-state index >= 15 is 0 Å². The average molecular weight is 356 g/mol. The van der Waals surface area contributed by atoms with Gasteiger partial charge in [-0.1, -0.05) is 18.2 Å². The molecular weight excluding hydrogens is 340 g/mol. The van der Waals surface area contributed by atoms with Gasteiger partial charge in [-0.05, 0) is 53.9 Å². The third kappa shape index (κ3) is 3.44. The Morgan fingerprint density at radius 1 is 1.38 bits per heavy atom. The second-order valence-electron chi connectivity index (χ2n) is 5.22. The van der Waals surface area contributed by atoms with E-state index in [1.54, 1.807) is 34.4 Å². The second-order valence-corrected chi connectivity index (χ2v) is 7.21. The largest absolute Gasteiger partial charge is 0.506 e. The Labute approximate surface area is 148 Å². The predicted octanol–water partition coefficient (Wildman–Crippen LogP) is 4.55. The number of aryl methyl sites for hydroxylation is 1. The number of carbonyl (C=O) groups excluding carboxylic acids is 1. The highest BCUT2D eigenvalue weighted by Crippen LogP contribution is 2.36. The summed E-state index contributed by atoms with van der Waals surface area (Å²) in [6.07, 6.45) is 3.53. The molecule has 0 spiro atoms. The minimum atomic E-state index is -0.0985. The smallest absolute Gasteiger partial charge is 0.267 e. The molecule has 0 bridgehead atoms. The number of amides is 1. The van der Waals surface area contributed by atoms with Gasteiger partial charge in [-0.2, -0.15) is 0 Å². The second kappa shape index (κ2) is 7.07. The van der Waals surface area contributed by atoms with Crippen molar-refractivity contribution in [2.24, 2.45) is 4.99 Å². The van der Waals surface area contributed by atoms with Crippen LogP contribution in [-0.4, -0.2) is 27.6 Å². The molecule has 6 heteroatoms. The fourth-order valence-corrected chi connectivity index (χ4v) is 3.94. The molecule has 0 saturated carbocycles. The summed E-state index contributed by atoms with van der Waals surface area (Å²) < 4.78 is 0. The van der Waals surface area contributed by atoms with Crippen LogP contribution in [0.25, 0.3) is 6.08 Å². The van der Waals surface area contributed by atoms with Crippen LogP contribution in [0.15, 0.2) is 58.3 Å². The van der Waals surface area contributed by atoms with E-state index in [4.69, 9.17) is 0 Å². The summed E-state index contributed by atoms with van der Waals surface area (Å²) in [4.78, 5) is 20.3. The Morgan fingerprint density at radius 2 is 2.21 bits per heavy atom. The molecule has 1 fully saturated rings. The lowest BCUT2D eigenvalue weighted by atomic mass is 10.2. The van der Waals surface area contributed by atoms with E-state index in [-0.39, 0.29) is 11.7 Å². The summed E-state index contributed by atoms with van der Waals surface area (Å²) in [7, 11) is 0. The maximum Gasteiger partial charge on any atom is 0.267 e. The van der Waals surface area contributed by atoms with Gasteiger partial charge in [-0.15, -0.1) is 17.9 Å². The molecule has 1 aliphatic rings. The molecule has 2 heterocycles. The van der Waals surface area contributed by atoms with Crippen molar-refractivity contribution in [3.63, 3.8) is 0 Å². The lowest BCUT2D eigenvalue weighted by Crippen LogP contribution is -2.29. The molecule has 0 radical (unpaired) electrons. The van der Waals surface area contributed by atoms with Crippen LogP contribution in [0.5, 0.6) is 5.75 Å². The number of phenols is 1. The number of aliphatic imine (C=N–C) groups is 1. The van der Waals surface area contributed by atoms with Crippen LogP contribution in [-0.2, 0) is 4.79 Å². The monoisotopic (exact) mass is 356 g/mol. The third-order valence-electron chi connectivity index (χ3n) is 3.36. The van der Waals surface area contributed by atoms with E-state index in [0.717, 1.165) is 10.4 Å². The maximum atomic E-state index is 12.6. The van der Waals surface area contributed by atoms with Crippen molar-refractivity contribution in [2.75, 3.05) is 6.54 Å². The van der Waals surface area contributed by atoms with Gasteiger partial charge in [0, 0.05) is 11.4 Å². The van der Waals surface area contributed by atoms with Gasteiger partial charge in [0.05, 0.1) is 4.91 Å². The van der Waals surface area contributed by atoms with Crippen LogP contribution in [0.3, 0.4) is 0 Å². The van der Waals surface area contributed by atoms with Crippen LogP contribution < -0.4 is 0 Å². The highest BCUT2D eigenvalue weighted by Gasteiger charge is 2.32. The lowest BCUT2D eigenvalue weighted by Gasteiger charge is -2.12. The Bertz CT molecular complexity index is 839. The van der Waals surface area contributed by atoms with E-state index < -0.39 is 0 Å². The highest BCUT2D eigenvalue weighted by molar-refractivity contribution is 8.18. The van der Waals surface area contributed by atoms with Crippen molar-refractivity contribution in [1.29, 1.82) is 0 Å². The number of aromatic hydroxyl groups is 1. The number of hydrogen-bond acceptors (Lipinski definition) is 5. The quantitative estimate of drug-likeness (QED) is 0.646. The number of phenolic OH excluding ortho intramolecular Hbond substituents is 1. The van der Waals surface area contributed by atoms with Crippen molar-refractivity contribution in [3.8, 4) is 5.75 Å². The van der Waals surface area contributed by atoms with Gasteiger partial charge in [0.2, 0.25) is 0 Å². The summed E-state index contributed by atoms with van der Waals surface area (Å²) in [5.41, 5.74) is 1.40. The first-order valence-corrected chi connectivity index (χ1v) is 9.02. The zero-order chi connectivity index (χ0) is 17.1. The number of thiophene rings is 1. The zero-order valence-electron chi connectivity index (χ0n) is 13.1. The molecule has 122 valence electrons. The van der Waals surface area contributed by atoms with Crippen molar-refractivity contribution >= 4 is 45.9 Å². The number of benzene rings is 1. The molecule has 1 aromatic heterocycles. The molecule has 3 rings (SSSR count). The molecule has 1 amide bonds. The summed E-state index contributed by atoms with van der Waals surface area (Å²) in [5.74, 6) is 0.00319. The van der Waals surface area contributed by atoms with Crippen LogP contribution in [0.1, 0.15) is 10.4 Å². The molecule has 1 N–H and O–H groups in total. The van der Waals surface area contributed by atoms with Gasteiger partial charge in [0.25, 0.3) is 5.91 Å². The fraction of sp³-hybridized carbons (Fsp3) is 0.111. The molecular formula is C18H16N2O2S2. The number of nitrogens with zero attached hydrogens (tertiary/aromatic N) is 2. The van der Waals surface area contributed by atoms with Crippen LogP contribution in [0.4, 0.5) is 5.69 Å². The number of amidine groups is 1. The number of thioether (sulfide) groups is 1. The summed E-state index contributed by atoms with van der Waals surface area (Å²) in [5, 5.41) is 12.6. The molecule has 0 aliphatic carbocycles. The molecule has 1 saturated heterocycles. The van der Waals surface area contributed by atoms with E-state index in [9.17, 15) is 9.90 Å². The standard InChI is InChI=1S/C18H16N2O2S2/c1-3-8-20-17(22)16(11-13-5-4-9-23-13)24-18(20)19-14-7-6-12(2)10-15(14)21/h3-7,9-11,21H,1,8H2,2H3/b16-11-,19-18?. The lowest BCUT2D eigenvalue weighted by molar-refractivity contribution is -0.121. The SMILES string of the molecule is C=CCN1C(=O)/C(=C/c2cccs2)SC1=Nc1ccc(C)cc1O. The molecule has 1 aromatic carbocycles. The Morgan fingerprint density at radius 3 is 2.88 bits per heavy atom. The van der Waals surface area contributed by atoms with Crippen molar-refractivity contribution in [3.05, 3.63) is 63.7 Å². The molecule has 0 unspecified atom stereocenters. The predicted molar refractivity (Wildman–Crippen MR) is 102 cm³/mol. The van der Waals surface area contributed by atoms with Gasteiger partial charge < -0.3 is 5.11 Å². The maximum absolute atomic E-state index is 12.6. The first-order chi connectivity index (χ1) is 11.6. The normalized spacial score (nSPS) is 17.9. The first kappa shape index (κ1) is 16.5. The van der Waals surface area contributed by atoms with Crippen LogP contribution in [0.2, 0.25) is 0 Å². The van der Waals surface area contributed by atoms with E-state index in [0.29, 0.717) is 22.3 Å². The molecule has 2 aromatic rings. The number of carbonyl (C=O) groups is 1. The zero-order valence-corrected chi connectivity index (χ0v) is 14.7. The Balaban J connectivity index is 1.97. The highest BCUT2D eigenvalue weighted by atomic mass is 32.2. The van der Waals surface area contributed by atoms with Crippen LogP contribution in [0, 0.1) is 6.92 Å². The summed E-state index contributed by atoms with van der Waals surface area (Å²) >= 11 is 2.88. The van der Waals surface area contributed by atoms with E-state index in [1.807, 2.05) is 36.6 Å². The number of hydrogen-bond donors (Lipinski definition) is 1. The summed E-state index contributed by atoms with van der Waals surface area (Å²) in [6, 6.07) is 9.18. The Hall–Kier alpha value is -2.31. The van der Waals surface area contributed by atoms with Gasteiger partial charge in [0.15, 0.2) is 5.17 Å². The van der Waals surface area contributed by atoms with E-state index in [1.165, 1.54) is 11.8 Å². The Kier molecular flexibility index (Phi) is 4.87. The van der Waals surface area contributed by atoms with Crippen LogP contribution >= 0.6 is 23.1 Å². The van der Waals surface area contributed by atoms with Crippen molar-refractivity contribution < 1.29 is 9.90 Å². The minimum absolute atomic E-state index is 0.0985. The molecule has 1 aliphatic heterocycles. The first-order valence-electron chi connectivity index (χ1n) is 7.32. The third-order valence-corrected chi connectivity index (χ3v) is 5.19. The van der Waals surface area contributed by atoms with E-state index in [2.05, 4.69) is 11.6 Å². The topological polar surface area (TPSA) is 52.9 Å². The van der Waals surface area contributed by atoms with Gasteiger partial charge >= 0.3 is 0 Å². The minimum Gasteiger partial charge on any atom is -0.506 e. The summed E-state index contributed by atoms with van der Waals surface area (Å²) in [6.45, 7) is 5.98. The van der Waals surface area contributed by atoms with Gasteiger partial charge in [-0.3, -0.25) is 9.69 Å². The number of rotatable bonds is 4. The molecule has 24 heavy (non-hydrogen) atoms. The molecule has 4 nitrogen and oxygen atoms in total. The fourth-order valence-electron chi connectivity index (χ4n) is 2.22. The average Bonchev–Trinajstić information content (AvgIpc) is 3.15. The van der Waals surface area contributed by atoms with Gasteiger partial charge in [0.1, 0.15) is 11.4 Å². The van der Waals surface area contributed by atoms with Crippen molar-refractivity contribution in [1.82, 2.24) is 4.90 Å². The van der Waals surface area contributed by atoms with Gasteiger partial charge in [-0.25, -0.2) is 4.99 Å². The molecule has 0 atom stereocenters.